The Bertz CT molecular complexity index is 917. The SMILES string of the molecule is O=C(NNC(=O)C(Oc1ccccc1)c1ccccc1)c1cccc(Cl)c1. The van der Waals surface area contributed by atoms with Crippen LogP contribution in [0.4, 0.5) is 0 Å². The minimum Gasteiger partial charge on any atom is -0.476 e. The molecule has 2 amide bonds. The van der Waals surface area contributed by atoms with Crippen molar-refractivity contribution in [1.29, 1.82) is 0 Å². The number of amides is 2. The van der Waals surface area contributed by atoms with Crippen LogP contribution in [-0.4, -0.2) is 11.8 Å². The van der Waals surface area contributed by atoms with Crippen molar-refractivity contribution >= 4 is 23.4 Å². The minimum absolute atomic E-state index is 0.336. The lowest BCUT2D eigenvalue weighted by atomic mass is 10.1. The number of para-hydroxylation sites is 1. The fourth-order valence-electron chi connectivity index (χ4n) is 2.42. The zero-order chi connectivity index (χ0) is 19.1. The van der Waals surface area contributed by atoms with Crippen molar-refractivity contribution < 1.29 is 14.3 Å². The number of benzene rings is 3. The average Bonchev–Trinajstić information content (AvgIpc) is 2.71. The van der Waals surface area contributed by atoms with E-state index < -0.39 is 17.9 Å². The second kappa shape index (κ2) is 8.87. The smallest absolute Gasteiger partial charge is 0.284 e. The number of nitrogens with one attached hydrogen (secondary N) is 2. The van der Waals surface area contributed by atoms with Crippen LogP contribution in [0.15, 0.2) is 84.9 Å². The quantitative estimate of drug-likeness (QED) is 0.659. The first-order chi connectivity index (χ1) is 13.1. The number of halogens is 1. The predicted octanol–water partition coefficient (Wildman–Crippen LogP) is 3.92. The van der Waals surface area contributed by atoms with Crippen LogP contribution < -0.4 is 15.6 Å². The molecule has 0 saturated heterocycles. The molecule has 3 aromatic rings. The summed E-state index contributed by atoms with van der Waals surface area (Å²) in [5, 5.41) is 0.434. The molecule has 27 heavy (non-hydrogen) atoms. The molecule has 0 aliphatic heterocycles. The maximum Gasteiger partial charge on any atom is 0.284 e. The lowest BCUT2D eigenvalue weighted by Gasteiger charge is -2.19. The summed E-state index contributed by atoms with van der Waals surface area (Å²) in [4.78, 5) is 24.9. The number of rotatable bonds is 5. The van der Waals surface area contributed by atoms with Crippen LogP contribution in [0.3, 0.4) is 0 Å². The highest BCUT2D eigenvalue weighted by Gasteiger charge is 2.23. The van der Waals surface area contributed by atoms with Crippen LogP contribution in [0.5, 0.6) is 5.75 Å². The van der Waals surface area contributed by atoms with Gasteiger partial charge < -0.3 is 4.74 Å². The molecule has 0 fully saturated rings. The third kappa shape index (κ3) is 5.09. The maximum atomic E-state index is 12.7. The van der Waals surface area contributed by atoms with Gasteiger partial charge in [0.25, 0.3) is 11.8 Å². The fourth-order valence-corrected chi connectivity index (χ4v) is 2.61. The summed E-state index contributed by atoms with van der Waals surface area (Å²) in [6, 6.07) is 24.5. The molecular formula is C21H17ClN2O3. The number of ether oxygens (including phenoxy) is 1. The summed E-state index contributed by atoms with van der Waals surface area (Å²) in [5.74, 6) is -0.430. The van der Waals surface area contributed by atoms with Crippen molar-refractivity contribution in [3.63, 3.8) is 0 Å². The van der Waals surface area contributed by atoms with Crippen LogP contribution in [0.2, 0.25) is 5.02 Å². The molecule has 1 atom stereocenters. The van der Waals surface area contributed by atoms with E-state index in [0.717, 1.165) is 0 Å². The van der Waals surface area contributed by atoms with E-state index in [0.29, 0.717) is 21.9 Å². The standard InChI is InChI=1S/C21H17ClN2O3/c22-17-11-7-10-16(14-17)20(25)23-24-21(26)19(15-8-3-1-4-9-15)27-18-12-5-2-6-13-18/h1-14,19H,(H,23,25)(H,24,26). The van der Waals surface area contributed by atoms with Crippen molar-refractivity contribution in [3.8, 4) is 5.75 Å². The topological polar surface area (TPSA) is 67.4 Å². The van der Waals surface area contributed by atoms with E-state index >= 15 is 0 Å². The highest BCUT2D eigenvalue weighted by Crippen LogP contribution is 2.21. The van der Waals surface area contributed by atoms with E-state index in [4.69, 9.17) is 16.3 Å². The molecule has 0 saturated carbocycles. The Labute approximate surface area is 161 Å². The molecule has 0 aromatic heterocycles. The number of hydrazine groups is 1. The Balaban J connectivity index is 1.72. The molecule has 0 aliphatic rings. The van der Waals surface area contributed by atoms with Gasteiger partial charge in [0.2, 0.25) is 6.10 Å². The van der Waals surface area contributed by atoms with E-state index in [-0.39, 0.29) is 0 Å². The summed E-state index contributed by atoms with van der Waals surface area (Å²) in [6.07, 6.45) is -0.923. The molecule has 5 nitrogen and oxygen atoms in total. The van der Waals surface area contributed by atoms with Crippen molar-refractivity contribution in [1.82, 2.24) is 10.9 Å². The van der Waals surface area contributed by atoms with Gasteiger partial charge in [0.15, 0.2) is 0 Å². The first kappa shape index (κ1) is 18.5. The second-order valence-corrected chi connectivity index (χ2v) is 6.11. The van der Waals surface area contributed by atoms with Crippen LogP contribution in [0.25, 0.3) is 0 Å². The molecule has 0 radical (unpaired) electrons. The van der Waals surface area contributed by atoms with Crippen molar-refractivity contribution in [2.24, 2.45) is 0 Å². The first-order valence-electron chi connectivity index (χ1n) is 8.26. The van der Waals surface area contributed by atoms with Crippen LogP contribution in [0.1, 0.15) is 22.0 Å². The largest absolute Gasteiger partial charge is 0.476 e. The van der Waals surface area contributed by atoms with Gasteiger partial charge in [-0.2, -0.15) is 0 Å². The third-order valence-corrected chi connectivity index (χ3v) is 3.96. The highest BCUT2D eigenvalue weighted by molar-refractivity contribution is 6.30. The maximum absolute atomic E-state index is 12.7. The molecule has 0 heterocycles. The zero-order valence-electron chi connectivity index (χ0n) is 14.3. The van der Waals surface area contributed by atoms with Crippen molar-refractivity contribution in [2.45, 2.75) is 6.10 Å². The molecule has 0 bridgehead atoms. The molecule has 0 spiro atoms. The van der Waals surface area contributed by atoms with Gasteiger partial charge in [0, 0.05) is 16.1 Å². The van der Waals surface area contributed by atoms with Gasteiger partial charge in [-0.3, -0.25) is 20.4 Å². The van der Waals surface area contributed by atoms with E-state index in [1.807, 2.05) is 36.4 Å². The summed E-state index contributed by atoms with van der Waals surface area (Å²) < 4.78 is 5.83. The lowest BCUT2D eigenvalue weighted by molar-refractivity contribution is -0.129. The Hall–Kier alpha value is -3.31. The Kier molecular flexibility index (Phi) is 6.07. The van der Waals surface area contributed by atoms with E-state index in [9.17, 15) is 9.59 Å². The molecule has 6 heteroatoms. The summed E-state index contributed by atoms with van der Waals surface area (Å²) in [6.45, 7) is 0. The summed E-state index contributed by atoms with van der Waals surface area (Å²) in [7, 11) is 0. The Morgan fingerprint density at radius 1 is 0.815 bits per heavy atom. The molecule has 1 unspecified atom stereocenters. The molecular weight excluding hydrogens is 364 g/mol. The van der Waals surface area contributed by atoms with Crippen molar-refractivity contribution in [2.75, 3.05) is 0 Å². The monoisotopic (exact) mass is 380 g/mol. The fraction of sp³-hybridized carbons (Fsp3) is 0.0476. The highest BCUT2D eigenvalue weighted by atomic mass is 35.5. The van der Waals surface area contributed by atoms with Crippen LogP contribution >= 0.6 is 11.6 Å². The first-order valence-corrected chi connectivity index (χ1v) is 8.64. The van der Waals surface area contributed by atoms with Gasteiger partial charge in [-0.1, -0.05) is 66.2 Å². The molecule has 136 valence electrons. The molecule has 3 aromatic carbocycles. The predicted molar refractivity (Wildman–Crippen MR) is 103 cm³/mol. The Morgan fingerprint density at radius 2 is 1.48 bits per heavy atom. The Morgan fingerprint density at radius 3 is 2.15 bits per heavy atom. The number of hydrogen-bond donors (Lipinski definition) is 2. The van der Waals surface area contributed by atoms with E-state index in [1.165, 1.54) is 6.07 Å². The normalized spacial score (nSPS) is 11.3. The van der Waals surface area contributed by atoms with Gasteiger partial charge in [-0.15, -0.1) is 0 Å². The average molecular weight is 381 g/mol. The van der Waals surface area contributed by atoms with E-state index in [1.54, 1.807) is 42.5 Å². The second-order valence-electron chi connectivity index (χ2n) is 5.68. The minimum atomic E-state index is -0.923. The van der Waals surface area contributed by atoms with Gasteiger partial charge in [-0.25, -0.2) is 0 Å². The van der Waals surface area contributed by atoms with Crippen LogP contribution in [-0.2, 0) is 4.79 Å². The number of carbonyl (C=O) groups is 2. The van der Waals surface area contributed by atoms with E-state index in [2.05, 4.69) is 10.9 Å². The molecule has 3 rings (SSSR count). The molecule has 2 N–H and O–H groups in total. The lowest BCUT2D eigenvalue weighted by Crippen LogP contribution is -2.45. The van der Waals surface area contributed by atoms with Gasteiger partial charge in [0.1, 0.15) is 5.75 Å². The molecule has 0 aliphatic carbocycles. The summed E-state index contributed by atoms with van der Waals surface area (Å²) >= 11 is 5.89. The van der Waals surface area contributed by atoms with Gasteiger partial charge in [-0.05, 0) is 30.3 Å². The van der Waals surface area contributed by atoms with Crippen LogP contribution in [0, 0.1) is 0 Å². The number of hydrogen-bond acceptors (Lipinski definition) is 3. The van der Waals surface area contributed by atoms with Gasteiger partial charge >= 0.3 is 0 Å². The van der Waals surface area contributed by atoms with Gasteiger partial charge in [0.05, 0.1) is 0 Å². The summed E-state index contributed by atoms with van der Waals surface area (Å²) in [5.41, 5.74) is 5.80. The third-order valence-electron chi connectivity index (χ3n) is 3.72. The zero-order valence-corrected chi connectivity index (χ0v) is 15.0. The number of carbonyl (C=O) groups excluding carboxylic acids is 2. The van der Waals surface area contributed by atoms with Crippen molar-refractivity contribution in [3.05, 3.63) is 101 Å².